The van der Waals surface area contributed by atoms with Gasteiger partial charge in [-0.25, -0.2) is 4.79 Å². The number of carboxylic acids is 1. The second-order valence-electron chi connectivity index (χ2n) is 4.78. The number of aliphatic carboxylic acids is 1. The van der Waals surface area contributed by atoms with E-state index in [0.717, 1.165) is 0 Å². The Hall–Kier alpha value is -1.49. The molecule has 0 aromatic carbocycles. The van der Waals surface area contributed by atoms with Crippen molar-refractivity contribution < 1.29 is 27.9 Å². The first-order valence-corrected chi connectivity index (χ1v) is 8.21. The molecule has 10 heteroatoms. The monoisotopic (exact) mass is 335 g/mol. The highest BCUT2D eigenvalue weighted by Gasteiger charge is 2.29. The molecule has 126 valence electrons. The van der Waals surface area contributed by atoms with Crippen molar-refractivity contribution in [1.82, 2.24) is 14.3 Å². The molecule has 1 saturated heterocycles. The second kappa shape index (κ2) is 8.22. The van der Waals surface area contributed by atoms with Crippen molar-refractivity contribution in [3.05, 3.63) is 12.7 Å². The topological polar surface area (TPSA) is 125 Å². The number of carbonyl (C=O) groups is 2. The lowest BCUT2D eigenvalue weighted by atomic mass is 10.2. The van der Waals surface area contributed by atoms with Crippen molar-refractivity contribution in [2.75, 3.05) is 26.3 Å². The number of hydrogen-bond donors (Lipinski definition) is 3. The Morgan fingerprint density at radius 3 is 2.50 bits per heavy atom. The molecule has 0 spiro atoms. The summed E-state index contributed by atoms with van der Waals surface area (Å²) in [6.45, 7) is 5.76. The molecule has 0 saturated carbocycles. The van der Waals surface area contributed by atoms with Crippen LogP contribution in [0.15, 0.2) is 12.7 Å². The van der Waals surface area contributed by atoms with E-state index in [1.165, 1.54) is 17.3 Å². The number of amides is 1. The Labute approximate surface area is 129 Å². The van der Waals surface area contributed by atoms with E-state index >= 15 is 0 Å². The predicted octanol–water partition coefficient (Wildman–Crippen LogP) is -1.31. The summed E-state index contributed by atoms with van der Waals surface area (Å²) in [5.74, 6) is -1.93. The highest BCUT2D eigenvalue weighted by Crippen LogP contribution is 2.04. The molecular formula is C12H21N3O6S. The fourth-order valence-corrected chi connectivity index (χ4v) is 3.16. The minimum absolute atomic E-state index is 0.0456. The summed E-state index contributed by atoms with van der Waals surface area (Å²) in [6, 6.07) is -2.24. The molecule has 1 heterocycles. The van der Waals surface area contributed by atoms with Crippen molar-refractivity contribution in [2.45, 2.75) is 25.4 Å². The molecule has 1 rings (SSSR count). The molecule has 1 fully saturated rings. The molecule has 0 unspecified atom stereocenters. The molecule has 3 N–H and O–H groups in total. The van der Waals surface area contributed by atoms with Crippen LogP contribution in [0.3, 0.4) is 0 Å². The van der Waals surface area contributed by atoms with E-state index in [1.807, 2.05) is 0 Å². The van der Waals surface area contributed by atoms with Gasteiger partial charge in [0, 0.05) is 13.1 Å². The van der Waals surface area contributed by atoms with E-state index in [0.29, 0.717) is 13.2 Å². The van der Waals surface area contributed by atoms with E-state index in [9.17, 15) is 18.0 Å². The van der Waals surface area contributed by atoms with Crippen molar-refractivity contribution in [3.63, 3.8) is 0 Å². The average Bonchev–Trinajstić information content (AvgIpc) is 2.47. The van der Waals surface area contributed by atoms with Crippen molar-refractivity contribution in [1.29, 1.82) is 0 Å². The van der Waals surface area contributed by atoms with E-state index in [4.69, 9.17) is 9.84 Å². The standard InChI is InChI=1S/C12H21N3O6S/c1-3-4-10(12(17)18)13-11(16)9(2)14-22(19,20)15-5-7-21-8-6-15/h3,9-10,14H,1,4-8H2,2H3,(H,13,16)(H,17,18)/t9-,10-/m0/s1. The van der Waals surface area contributed by atoms with E-state index in [1.54, 1.807) is 0 Å². The highest BCUT2D eigenvalue weighted by atomic mass is 32.2. The second-order valence-corrected chi connectivity index (χ2v) is 6.48. The van der Waals surface area contributed by atoms with Gasteiger partial charge in [0.15, 0.2) is 0 Å². The smallest absolute Gasteiger partial charge is 0.326 e. The summed E-state index contributed by atoms with van der Waals surface area (Å²) < 4.78 is 32.7. The molecule has 1 aliphatic rings. The maximum Gasteiger partial charge on any atom is 0.326 e. The maximum absolute atomic E-state index is 12.1. The van der Waals surface area contributed by atoms with Crippen LogP contribution in [0.1, 0.15) is 13.3 Å². The zero-order valence-electron chi connectivity index (χ0n) is 12.3. The molecule has 22 heavy (non-hydrogen) atoms. The first-order valence-electron chi connectivity index (χ1n) is 6.77. The van der Waals surface area contributed by atoms with Gasteiger partial charge in [-0.1, -0.05) is 6.08 Å². The summed E-state index contributed by atoms with van der Waals surface area (Å²) in [7, 11) is -3.82. The Balaban J connectivity index is 2.62. The number of carboxylic acid groups (broad SMARTS) is 1. The van der Waals surface area contributed by atoms with Gasteiger partial charge in [-0.05, 0) is 13.3 Å². The van der Waals surface area contributed by atoms with Crippen LogP contribution in [0.2, 0.25) is 0 Å². The van der Waals surface area contributed by atoms with Gasteiger partial charge in [-0.15, -0.1) is 6.58 Å². The summed E-state index contributed by atoms with van der Waals surface area (Å²) in [6.07, 6.45) is 1.41. The average molecular weight is 335 g/mol. The Kier molecular flexibility index (Phi) is 6.94. The lowest BCUT2D eigenvalue weighted by molar-refractivity contribution is -0.141. The van der Waals surface area contributed by atoms with Gasteiger partial charge in [0.2, 0.25) is 5.91 Å². The van der Waals surface area contributed by atoms with Crippen LogP contribution in [-0.4, -0.2) is 68.1 Å². The highest BCUT2D eigenvalue weighted by molar-refractivity contribution is 7.87. The van der Waals surface area contributed by atoms with Crippen molar-refractivity contribution >= 4 is 22.1 Å². The minimum atomic E-state index is -3.82. The molecule has 0 radical (unpaired) electrons. The van der Waals surface area contributed by atoms with E-state index in [2.05, 4.69) is 16.6 Å². The molecular weight excluding hydrogens is 314 g/mol. The van der Waals surface area contributed by atoms with Gasteiger partial charge in [-0.3, -0.25) is 4.79 Å². The molecule has 0 aromatic rings. The van der Waals surface area contributed by atoms with Crippen molar-refractivity contribution in [2.24, 2.45) is 0 Å². The Morgan fingerprint density at radius 1 is 1.41 bits per heavy atom. The van der Waals surface area contributed by atoms with Crippen LogP contribution < -0.4 is 10.0 Å². The van der Waals surface area contributed by atoms with Gasteiger partial charge in [0.05, 0.1) is 19.3 Å². The molecule has 1 aliphatic heterocycles. The third kappa shape index (κ3) is 5.37. The number of nitrogens with one attached hydrogen (secondary N) is 2. The summed E-state index contributed by atoms with van der Waals surface area (Å²) in [5, 5.41) is 11.2. The summed E-state index contributed by atoms with van der Waals surface area (Å²) in [4.78, 5) is 22.9. The SMILES string of the molecule is C=CC[C@H](NC(=O)[C@H](C)NS(=O)(=O)N1CCOCC1)C(=O)O. The molecule has 9 nitrogen and oxygen atoms in total. The van der Waals surface area contributed by atoms with Gasteiger partial charge in [0.25, 0.3) is 10.2 Å². The minimum Gasteiger partial charge on any atom is -0.480 e. The fourth-order valence-electron chi connectivity index (χ4n) is 1.82. The third-order valence-corrected chi connectivity index (χ3v) is 4.74. The van der Waals surface area contributed by atoms with Crippen LogP contribution in [0.4, 0.5) is 0 Å². The van der Waals surface area contributed by atoms with Crippen LogP contribution in [0, 0.1) is 0 Å². The largest absolute Gasteiger partial charge is 0.480 e. The lowest BCUT2D eigenvalue weighted by Crippen LogP contribution is -2.54. The third-order valence-electron chi connectivity index (χ3n) is 3.05. The predicted molar refractivity (Wildman–Crippen MR) is 78.3 cm³/mol. The van der Waals surface area contributed by atoms with Gasteiger partial charge in [-0.2, -0.15) is 17.4 Å². The zero-order valence-corrected chi connectivity index (χ0v) is 13.1. The number of carbonyl (C=O) groups excluding carboxylic acids is 1. The fraction of sp³-hybridized carbons (Fsp3) is 0.667. The molecule has 1 amide bonds. The number of rotatable bonds is 8. The van der Waals surface area contributed by atoms with Crippen molar-refractivity contribution in [3.8, 4) is 0 Å². The van der Waals surface area contributed by atoms with Gasteiger partial charge in [0.1, 0.15) is 6.04 Å². The van der Waals surface area contributed by atoms with Gasteiger partial charge >= 0.3 is 5.97 Å². The van der Waals surface area contributed by atoms with Gasteiger partial charge < -0.3 is 15.2 Å². The maximum atomic E-state index is 12.1. The molecule has 0 bridgehead atoms. The number of hydrogen-bond acceptors (Lipinski definition) is 5. The van der Waals surface area contributed by atoms with E-state index in [-0.39, 0.29) is 19.5 Å². The Bertz CT molecular complexity index is 515. The molecule has 0 aromatic heterocycles. The summed E-state index contributed by atoms with van der Waals surface area (Å²) in [5.41, 5.74) is 0. The number of morpholine rings is 1. The lowest BCUT2D eigenvalue weighted by Gasteiger charge is -2.27. The Morgan fingerprint density at radius 2 is 2.00 bits per heavy atom. The quantitative estimate of drug-likeness (QED) is 0.473. The zero-order chi connectivity index (χ0) is 16.8. The van der Waals surface area contributed by atoms with E-state index < -0.39 is 34.2 Å². The normalized spacial score (nSPS) is 19.1. The van der Waals surface area contributed by atoms with Crippen LogP contribution in [0.25, 0.3) is 0 Å². The molecule has 0 aliphatic carbocycles. The molecule has 2 atom stereocenters. The number of ether oxygens (including phenoxy) is 1. The van der Waals surface area contributed by atoms with Crippen LogP contribution in [0.5, 0.6) is 0 Å². The number of nitrogens with zero attached hydrogens (tertiary/aromatic N) is 1. The summed E-state index contributed by atoms with van der Waals surface area (Å²) >= 11 is 0. The van der Waals surface area contributed by atoms with Crippen LogP contribution >= 0.6 is 0 Å². The first-order chi connectivity index (χ1) is 10.3. The van der Waals surface area contributed by atoms with Crippen LogP contribution in [-0.2, 0) is 24.5 Å². The first kappa shape index (κ1) is 18.6.